The second-order valence-electron chi connectivity index (χ2n) is 4.77. The Morgan fingerprint density at radius 1 is 1.58 bits per heavy atom. The van der Waals surface area contributed by atoms with E-state index >= 15 is 0 Å². The van der Waals surface area contributed by atoms with Gasteiger partial charge in [0, 0.05) is 12.2 Å². The number of carbonyl (C=O) groups is 1. The second kappa shape index (κ2) is 6.32. The quantitative estimate of drug-likeness (QED) is 0.847. The van der Waals surface area contributed by atoms with Crippen molar-refractivity contribution in [3.63, 3.8) is 0 Å². The summed E-state index contributed by atoms with van der Waals surface area (Å²) in [6, 6.07) is 8.85. The average molecular weight is 259 g/mol. The molecule has 1 aromatic carbocycles. The summed E-state index contributed by atoms with van der Waals surface area (Å²) in [5.41, 5.74) is 1.15. The second-order valence-corrected chi connectivity index (χ2v) is 4.77. The number of piperidine rings is 1. The molecule has 1 aliphatic rings. The normalized spacial score (nSPS) is 19.7. The van der Waals surface area contributed by atoms with Crippen LogP contribution >= 0.6 is 0 Å². The van der Waals surface area contributed by atoms with E-state index in [-0.39, 0.29) is 18.6 Å². The van der Waals surface area contributed by atoms with Gasteiger partial charge in [0.25, 0.3) is 0 Å². The van der Waals surface area contributed by atoms with E-state index in [1.165, 1.54) is 0 Å². The first-order valence-corrected chi connectivity index (χ1v) is 6.38. The number of aliphatic hydroxyl groups excluding tert-OH is 1. The van der Waals surface area contributed by atoms with Crippen LogP contribution in [0.3, 0.4) is 0 Å². The Morgan fingerprint density at radius 3 is 3.16 bits per heavy atom. The molecule has 2 rings (SSSR count). The molecular weight excluding hydrogens is 242 g/mol. The van der Waals surface area contributed by atoms with Crippen LogP contribution in [0.5, 0.6) is 0 Å². The molecule has 0 unspecified atom stereocenters. The number of benzene rings is 1. The molecule has 5 nitrogen and oxygen atoms in total. The van der Waals surface area contributed by atoms with Gasteiger partial charge >= 0.3 is 0 Å². The van der Waals surface area contributed by atoms with Crippen LogP contribution in [-0.4, -0.2) is 41.7 Å². The molecule has 19 heavy (non-hydrogen) atoms. The van der Waals surface area contributed by atoms with Gasteiger partial charge in [-0.3, -0.25) is 9.69 Å². The van der Waals surface area contributed by atoms with Crippen molar-refractivity contribution < 1.29 is 9.90 Å². The Morgan fingerprint density at radius 2 is 2.42 bits per heavy atom. The molecule has 2 N–H and O–H groups in total. The van der Waals surface area contributed by atoms with E-state index in [1.54, 1.807) is 24.3 Å². The van der Waals surface area contributed by atoms with Crippen LogP contribution in [0.25, 0.3) is 0 Å². The topological polar surface area (TPSA) is 76.4 Å². The van der Waals surface area contributed by atoms with Crippen LogP contribution in [0.2, 0.25) is 0 Å². The smallest absolute Gasteiger partial charge is 0.238 e. The predicted molar refractivity (Wildman–Crippen MR) is 71.5 cm³/mol. The molecule has 1 atom stereocenters. The highest BCUT2D eigenvalue weighted by molar-refractivity contribution is 5.92. The summed E-state index contributed by atoms with van der Waals surface area (Å²) in [4.78, 5) is 13.8. The van der Waals surface area contributed by atoms with E-state index < -0.39 is 0 Å². The highest BCUT2D eigenvalue weighted by Crippen LogP contribution is 2.12. The van der Waals surface area contributed by atoms with Crippen molar-refractivity contribution in [2.24, 2.45) is 0 Å². The fourth-order valence-corrected chi connectivity index (χ4v) is 2.24. The van der Waals surface area contributed by atoms with Crippen molar-refractivity contribution in [3.8, 4) is 6.07 Å². The molecule has 0 aromatic heterocycles. The monoisotopic (exact) mass is 259 g/mol. The molecular formula is C14H17N3O2. The SMILES string of the molecule is N#Cc1cccc(NC(=O)CN2CCC[C@H](O)C2)c1. The molecule has 1 saturated heterocycles. The zero-order valence-corrected chi connectivity index (χ0v) is 10.7. The molecule has 1 amide bonds. The van der Waals surface area contributed by atoms with Gasteiger partial charge in [0.2, 0.25) is 5.91 Å². The third kappa shape index (κ3) is 4.05. The summed E-state index contributed by atoms with van der Waals surface area (Å²) in [6.07, 6.45) is 1.39. The minimum Gasteiger partial charge on any atom is -0.392 e. The molecule has 1 aliphatic heterocycles. The van der Waals surface area contributed by atoms with Gasteiger partial charge < -0.3 is 10.4 Å². The average Bonchev–Trinajstić information content (AvgIpc) is 2.38. The van der Waals surface area contributed by atoms with Crippen LogP contribution in [0.1, 0.15) is 18.4 Å². The lowest BCUT2D eigenvalue weighted by molar-refractivity contribution is -0.118. The molecule has 1 fully saturated rings. The number of nitrogens with one attached hydrogen (secondary N) is 1. The highest BCUT2D eigenvalue weighted by atomic mass is 16.3. The summed E-state index contributed by atoms with van der Waals surface area (Å²) in [5, 5.41) is 21.1. The number of hydrogen-bond donors (Lipinski definition) is 2. The first-order chi connectivity index (χ1) is 9.17. The predicted octanol–water partition coefficient (Wildman–Crippen LogP) is 0.953. The summed E-state index contributed by atoms with van der Waals surface area (Å²) in [6.45, 7) is 1.65. The van der Waals surface area contributed by atoms with Crippen LogP contribution in [0.4, 0.5) is 5.69 Å². The van der Waals surface area contributed by atoms with Crippen molar-refractivity contribution in [2.45, 2.75) is 18.9 Å². The van der Waals surface area contributed by atoms with Gasteiger partial charge in [0.1, 0.15) is 0 Å². The fourth-order valence-electron chi connectivity index (χ4n) is 2.24. The summed E-state index contributed by atoms with van der Waals surface area (Å²) < 4.78 is 0. The molecule has 5 heteroatoms. The minimum absolute atomic E-state index is 0.121. The molecule has 0 saturated carbocycles. The Balaban J connectivity index is 1.88. The highest BCUT2D eigenvalue weighted by Gasteiger charge is 2.19. The Bertz CT molecular complexity index is 496. The number of hydrogen-bond acceptors (Lipinski definition) is 4. The Labute approximate surface area is 112 Å². The molecule has 100 valence electrons. The number of rotatable bonds is 3. The van der Waals surface area contributed by atoms with Crippen molar-refractivity contribution in [3.05, 3.63) is 29.8 Å². The maximum Gasteiger partial charge on any atom is 0.238 e. The summed E-state index contributed by atoms with van der Waals surface area (Å²) in [7, 11) is 0. The zero-order chi connectivity index (χ0) is 13.7. The first kappa shape index (κ1) is 13.5. The fraction of sp³-hybridized carbons (Fsp3) is 0.429. The largest absolute Gasteiger partial charge is 0.392 e. The van der Waals surface area contributed by atoms with E-state index in [2.05, 4.69) is 5.32 Å². The van der Waals surface area contributed by atoms with Crippen LogP contribution in [0, 0.1) is 11.3 Å². The van der Waals surface area contributed by atoms with Gasteiger partial charge in [-0.2, -0.15) is 5.26 Å². The molecule has 0 bridgehead atoms. The maximum atomic E-state index is 11.9. The first-order valence-electron chi connectivity index (χ1n) is 6.38. The van der Waals surface area contributed by atoms with Crippen LogP contribution < -0.4 is 5.32 Å². The number of amides is 1. The van der Waals surface area contributed by atoms with Crippen molar-refractivity contribution >= 4 is 11.6 Å². The number of nitrogens with zero attached hydrogens (tertiary/aromatic N) is 2. The standard InChI is InChI=1S/C14H17N3O2/c15-8-11-3-1-4-12(7-11)16-14(19)10-17-6-2-5-13(18)9-17/h1,3-4,7,13,18H,2,5-6,9-10H2,(H,16,19)/t13-/m0/s1. The van der Waals surface area contributed by atoms with Crippen LogP contribution in [0.15, 0.2) is 24.3 Å². The molecule has 0 aliphatic carbocycles. The lowest BCUT2D eigenvalue weighted by atomic mass is 10.1. The lowest BCUT2D eigenvalue weighted by Gasteiger charge is -2.29. The van der Waals surface area contributed by atoms with Crippen molar-refractivity contribution in [2.75, 3.05) is 25.0 Å². The van der Waals surface area contributed by atoms with E-state index in [0.717, 1.165) is 19.4 Å². The number of anilines is 1. The number of β-amino-alcohol motifs (C(OH)–C–C–N with tert-alkyl or cyclic N) is 1. The molecule has 1 aromatic rings. The van der Waals surface area contributed by atoms with E-state index in [0.29, 0.717) is 17.8 Å². The van der Waals surface area contributed by atoms with Gasteiger partial charge in [0.05, 0.1) is 24.3 Å². The van der Waals surface area contributed by atoms with E-state index in [9.17, 15) is 9.90 Å². The zero-order valence-electron chi connectivity index (χ0n) is 10.7. The lowest BCUT2D eigenvalue weighted by Crippen LogP contribution is -2.42. The van der Waals surface area contributed by atoms with Gasteiger partial charge in [-0.1, -0.05) is 6.07 Å². The Kier molecular flexibility index (Phi) is 4.50. The maximum absolute atomic E-state index is 11.9. The minimum atomic E-state index is -0.330. The number of aliphatic hydroxyl groups is 1. The molecule has 1 heterocycles. The molecule has 0 radical (unpaired) electrons. The third-order valence-electron chi connectivity index (χ3n) is 3.12. The van der Waals surface area contributed by atoms with Gasteiger partial charge in [-0.15, -0.1) is 0 Å². The third-order valence-corrected chi connectivity index (χ3v) is 3.12. The van der Waals surface area contributed by atoms with Gasteiger partial charge in [-0.05, 0) is 37.6 Å². The van der Waals surface area contributed by atoms with E-state index in [4.69, 9.17) is 5.26 Å². The summed E-state index contributed by atoms with van der Waals surface area (Å²) >= 11 is 0. The summed E-state index contributed by atoms with van der Waals surface area (Å²) in [5.74, 6) is -0.121. The van der Waals surface area contributed by atoms with E-state index in [1.807, 2.05) is 11.0 Å². The number of carbonyl (C=O) groups excluding carboxylic acids is 1. The van der Waals surface area contributed by atoms with Crippen LogP contribution in [-0.2, 0) is 4.79 Å². The van der Waals surface area contributed by atoms with Gasteiger partial charge in [0.15, 0.2) is 0 Å². The Hall–Kier alpha value is -1.90. The van der Waals surface area contributed by atoms with Crippen molar-refractivity contribution in [1.82, 2.24) is 4.90 Å². The van der Waals surface area contributed by atoms with Gasteiger partial charge in [-0.25, -0.2) is 0 Å². The van der Waals surface area contributed by atoms with Crippen molar-refractivity contribution in [1.29, 1.82) is 5.26 Å². The molecule has 0 spiro atoms. The number of likely N-dealkylation sites (tertiary alicyclic amines) is 1. The number of nitriles is 1.